The van der Waals surface area contributed by atoms with Crippen LogP contribution < -0.4 is 0 Å². The van der Waals surface area contributed by atoms with E-state index in [1.165, 1.54) is 5.56 Å². The second kappa shape index (κ2) is 13.7. The molecule has 4 nitrogen and oxygen atoms in total. The van der Waals surface area contributed by atoms with Crippen LogP contribution in [0.25, 0.3) is 72.4 Å². The Morgan fingerprint density at radius 3 is 2.02 bits per heavy atom. The Balaban J connectivity index is 1.53. The van der Waals surface area contributed by atoms with Crippen molar-refractivity contribution in [2.45, 2.75) is 72.1 Å². The van der Waals surface area contributed by atoms with Crippen molar-refractivity contribution >= 4 is 21.8 Å². The number of aromatic nitrogens is 3. The number of fused-ring (bicyclic) bond motifs is 2. The number of pyridine rings is 1. The van der Waals surface area contributed by atoms with Gasteiger partial charge >= 0.3 is 0 Å². The van der Waals surface area contributed by atoms with E-state index in [1.807, 2.05) is 18.3 Å². The van der Waals surface area contributed by atoms with E-state index >= 15 is 0 Å². The van der Waals surface area contributed by atoms with Gasteiger partial charge in [-0.3, -0.25) is 9.55 Å². The summed E-state index contributed by atoms with van der Waals surface area (Å²) in [4.78, 5) is 10.4. The zero-order valence-corrected chi connectivity index (χ0v) is 33.1. The molecule has 55 heavy (non-hydrogen) atoms. The predicted octanol–water partition coefficient (Wildman–Crippen LogP) is 13.7. The smallest absolute Gasteiger partial charge is 0.149 e. The standard InChI is InChI=1S/C51H49N3O/c1-32(2)37-22-16-24-40(33-18-10-9-11-19-33)47(37)54-45-26-17-23-39(35-28-34-20-12-13-21-38(34)41(29-35)44-25-14-15-27-52-44)46(45)53-49(54)42-30-36(50(3,4)5)31-43(48(42)55)51(6,7)8/h9-32,55H,1-8H3. The van der Waals surface area contributed by atoms with E-state index in [9.17, 15) is 5.11 Å². The molecule has 0 aliphatic carbocycles. The molecule has 0 fully saturated rings. The first kappa shape index (κ1) is 36.0. The summed E-state index contributed by atoms with van der Waals surface area (Å²) in [6, 6.07) is 47.2. The van der Waals surface area contributed by atoms with Crippen LogP contribution in [0.4, 0.5) is 0 Å². The summed E-state index contributed by atoms with van der Waals surface area (Å²) < 4.78 is 2.32. The largest absolute Gasteiger partial charge is 0.507 e. The second-order valence-electron chi connectivity index (χ2n) is 17.1. The maximum absolute atomic E-state index is 12.4. The zero-order valence-electron chi connectivity index (χ0n) is 33.1. The SMILES string of the molecule is CC(C)c1cccc(-c2ccccc2)c1-n1c(-c2cc(C(C)(C)C)cc(C(C)(C)C)c2O)nc2c(-c3cc(-c4ccccn4)c4ccccc4c3)cccc21. The third kappa shape index (κ3) is 6.50. The summed E-state index contributed by atoms with van der Waals surface area (Å²) in [5.41, 5.74) is 12.8. The number of phenols is 1. The Morgan fingerprint density at radius 1 is 0.600 bits per heavy atom. The van der Waals surface area contributed by atoms with Gasteiger partial charge in [0.05, 0.1) is 28.0 Å². The van der Waals surface area contributed by atoms with Crippen LogP contribution >= 0.6 is 0 Å². The molecule has 8 aromatic rings. The highest BCUT2D eigenvalue weighted by molar-refractivity contribution is 6.03. The molecule has 0 radical (unpaired) electrons. The van der Waals surface area contributed by atoms with E-state index in [-0.39, 0.29) is 22.5 Å². The van der Waals surface area contributed by atoms with E-state index in [0.29, 0.717) is 5.82 Å². The second-order valence-corrected chi connectivity index (χ2v) is 17.1. The first-order valence-corrected chi connectivity index (χ1v) is 19.3. The average molecular weight is 720 g/mol. The Labute approximate surface area is 325 Å². The van der Waals surface area contributed by atoms with E-state index in [4.69, 9.17) is 9.97 Å². The number of aromatic hydroxyl groups is 1. The molecule has 0 unspecified atom stereocenters. The van der Waals surface area contributed by atoms with E-state index < -0.39 is 0 Å². The van der Waals surface area contributed by atoms with E-state index in [2.05, 4.69) is 181 Å². The number of nitrogens with zero attached hydrogens (tertiary/aromatic N) is 3. The first-order valence-electron chi connectivity index (χ1n) is 19.3. The number of rotatable bonds is 6. The van der Waals surface area contributed by atoms with E-state index in [0.717, 1.165) is 77.7 Å². The molecule has 1 N–H and O–H groups in total. The van der Waals surface area contributed by atoms with Gasteiger partial charge in [-0.1, -0.05) is 152 Å². The number of phenolic OH excluding ortho intramolecular Hbond substituents is 1. The Bertz CT molecular complexity index is 2690. The number of imidazole rings is 1. The molecule has 2 heterocycles. The topological polar surface area (TPSA) is 50.9 Å². The Kier molecular flexibility index (Phi) is 8.96. The lowest BCUT2D eigenvalue weighted by atomic mass is 9.79. The highest BCUT2D eigenvalue weighted by Gasteiger charge is 2.30. The third-order valence-corrected chi connectivity index (χ3v) is 10.8. The van der Waals surface area contributed by atoms with Crippen molar-refractivity contribution in [3.05, 3.63) is 156 Å². The third-order valence-electron chi connectivity index (χ3n) is 10.8. The molecule has 0 saturated carbocycles. The summed E-state index contributed by atoms with van der Waals surface area (Å²) in [6.45, 7) is 17.7. The van der Waals surface area contributed by atoms with Crippen molar-refractivity contribution in [3.8, 4) is 56.3 Å². The highest BCUT2D eigenvalue weighted by Crippen LogP contribution is 2.46. The lowest BCUT2D eigenvalue weighted by Crippen LogP contribution is -2.17. The van der Waals surface area contributed by atoms with Gasteiger partial charge in [0.1, 0.15) is 11.6 Å². The fourth-order valence-corrected chi connectivity index (χ4v) is 7.88. The molecule has 2 aromatic heterocycles. The fourth-order valence-electron chi connectivity index (χ4n) is 7.88. The molecule has 6 aromatic carbocycles. The van der Waals surface area contributed by atoms with Gasteiger partial charge < -0.3 is 5.11 Å². The van der Waals surface area contributed by atoms with Crippen molar-refractivity contribution in [1.29, 1.82) is 0 Å². The highest BCUT2D eigenvalue weighted by atomic mass is 16.3. The molecule has 274 valence electrons. The van der Waals surface area contributed by atoms with Crippen LogP contribution in [0.5, 0.6) is 5.75 Å². The molecular weight excluding hydrogens is 671 g/mol. The molecule has 0 spiro atoms. The molecule has 8 rings (SSSR count). The molecule has 4 heteroatoms. The molecule has 0 aliphatic rings. The number of hydrogen-bond donors (Lipinski definition) is 1. The molecule has 0 saturated heterocycles. The van der Waals surface area contributed by atoms with Crippen LogP contribution in [-0.4, -0.2) is 19.6 Å². The van der Waals surface area contributed by atoms with Gasteiger partial charge in [-0.2, -0.15) is 0 Å². The summed E-state index contributed by atoms with van der Waals surface area (Å²) in [5, 5.41) is 14.7. The molecule has 0 atom stereocenters. The van der Waals surface area contributed by atoms with Gasteiger partial charge in [0.25, 0.3) is 0 Å². The van der Waals surface area contributed by atoms with Crippen molar-refractivity contribution in [1.82, 2.24) is 14.5 Å². The molecule has 0 bridgehead atoms. The van der Waals surface area contributed by atoms with Gasteiger partial charge in [0.2, 0.25) is 0 Å². The van der Waals surface area contributed by atoms with Crippen LogP contribution in [0.3, 0.4) is 0 Å². The summed E-state index contributed by atoms with van der Waals surface area (Å²) in [7, 11) is 0. The summed E-state index contributed by atoms with van der Waals surface area (Å²) >= 11 is 0. The van der Waals surface area contributed by atoms with Gasteiger partial charge in [-0.25, -0.2) is 4.98 Å². The fraction of sp³-hybridized carbons (Fsp3) is 0.216. The van der Waals surface area contributed by atoms with Gasteiger partial charge in [0, 0.05) is 28.5 Å². The lowest BCUT2D eigenvalue weighted by molar-refractivity contribution is 0.446. The lowest BCUT2D eigenvalue weighted by Gasteiger charge is -2.28. The van der Waals surface area contributed by atoms with Gasteiger partial charge in [0.15, 0.2) is 0 Å². The predicted molar refractivity (Wildman–Crippen MR) is 231 cm³/mol. The Morgan fingerprint density at radius 2 is 1.31 bits per heavy atom. The normalized spacial score (nSPS) is 12.2. The van der Waals surface area contributed by atoms with Crippen molar-refractivity contribution in [2.24, 2.45) is 0 Å². The van der Waals surface area contributed by atoms with Crippen molar-refractivity contribution in [3.63, 3.8) is 0 Å². The van der Waals surface area contributed by atoms with Crippen molar-refractivity contribution < 1.29 is 5.11 Å². The molecule has 0 amide bonds. The van der Waals surface area contributed by atoms with Crippen LogP contribution in [0.1, 0.15) is 78.0 Å². The van der Waals surface area contributed by atoms with Crippen molar-refractivity contribution in [2.75, 3.05) is 0 Å². The number of benzene rings is 6. The minimum absolute atomic E-state index is 0.164. The van der Waals surface area contributed by atoms with Gasteiger partial charge in [-0.15, -0.1) is 0 Å². The van der Waals surface area contributed by atoms with Crippen LogP contribution in [0.15, 0.2) is 140 Å². The average Bonchev–Trinajstić information content (AvgIpc) is 3.56. The zero-order chi connectivity index (χ0) is 38.6. The monoisotopic (exact) mass is 719 g/mol. The minimum Gasteiger partial charge on any atom is -0.507 e. The number of hydrogen-bond acceptors (Lipinski definition) is 3. The summed E-state index contributed by atoms with van der Waals surface area (Å²) in [5.74, 6) is 1.20. The van der Waals surface area contributed by atoms with Crippen LogP contribution in [0.2, 0.25) is 0 Å². The van der Waals surface area contributed by atoms with Gasteiger partial charge in [-0.05, 0) is 86.2 Å². The maximum atomic E-state index is 12.4. The quantitative estimate of drug-likeness (QED) is 0.186. The van der Waals surface area contributed by atoms with Crippen LogP contribution in [-0.2, 0) is 10.8 Å². The Hall–Kier alpha value is -6.00. The van der Waals surface area contributed by atoms with Crippen LogP contribution in [0, 0.1) is 0 Å². The number of para-hydroxylation sites is 2. The molecular formula is C51H49N3O. The summed E-state index contributed by atoms with van der Waals surface area (Å²) in [6.07, 6.45) is 1.85. The molecule has 0 aliphatic heterocycles. The maximum Gasteiger partial charge on any atom is 0.149 e. The first-order chi connectivity index (χ1) is 26.3. The minimum atomic E-state index is -0.305. The van der Waals surface area contributed by atoms with E-state index in [1.54, 1.807) is 0 Å².